The Kier molecular flexibility index (Phi) is 4.41. The van der Waals surface area contributed by atoms with E-state index in [0.717, 1.165) is 13.0 Å². The molecule has 2 heterocycles. The number of carbonyl (C=O) groups is 1. The summed E-state index contributed by atoms with van der Waals surface area (Å²) in [6.07, 6.45) is 4.00. The monoisotopic (exact) mass is 315 g/mol. The van der Waals surface area contributed by atoms with Gasteiger partial charge in [0.1, 0.15) is 0 Å². The van der Waals surface area contributed by atoms with Crippen molar-refractivity contribution in [1.29, 1.82) is 0 Å². The molecule has 114 valence electrons. The first kappa shape index (κ1) is 15.0. The highest BCUT2D eigenvalue weighted by molar-refractivity contribution is 6.33. The Hall–Kier alpha value is -1.91. The van der Waals surface area contributed by atoms with Crippen molar-refractivity contribution in [3.8, 4) is 0 Å². The van der Waals surface area contributed by atoms with Gasteiger partial charge in [-0.25, -0.2) is 0 Å². The number of amides is 1. The van der Waals surface area contributed by atoms with Gasteiger partial charge >= 0.3 is 0 Å². The zero-order chi connectivity index (χ0) is 15.5. The normalized spacial score (nSPS) is 17.8. The van der Waals surface area contributed by atoms with Crippen molar-refractivity contribution in [1.82, 2.24) is 15.2 Å². The van der Waals surface area contributed by atoms with E-state index in [9.17, 15) is 4.79 Å². The molecule has 1 N–H and O–H groups in total. The SMILES string of the molecule is CN1Cc2ccccc2CC1CNC(=O)c1ccncc1Cl. The second kappa shape index (κ2) is 6.46. The zero-order valence-corrected chi connectivity index (χ0v) is 13.2. The smallest absolute Gasteiger partial charge is 0.252 e. The van der Waals surface area contributed by atoms with E-state index in [2.05, 4.69) is 46.5 Å². The summed E-state index contributed by atoms with van der Waals surface area (Å²) in [4.78, 5) is 18.4. The van der Waals surface area contributed by atoms with E-state index in [0.29, 0.717) is 23.2 Å². The van der Waals surface area contributed by atoms with Gasteiger partial charge in [0.25, 0.3) is 5.91 Å². The molecule has 1 aromatic heterocycles. The van der Waals surface area contributed by atoms with E-state index in [1.54, 1.807) is 12.3 Å². The van der Waals surface area contributed by atoms with E-state index in [1.165, 1.54) is 17.3 Å². The maximum atomic E-state index is 12.2. The van der Waals surface area contributed by atoms with Crippen molar-refractivity contribution >= 4 is 17.5 Å². The number of nitrogens with zero attached hydrogens (tertiary/aromatic N) is 2. The molecule has 1 aliphatic heterocycles. The third kappa shape index (κ3) is 3.13. The van der Waals surface area contributed by atoms with Crippen LogP contribution >= 0.6 is 11.6 Å². The van der Waals surface area contributed by atoms with E-state index < -0.39 is 0 Å². The molecule has 1 atom stereocenters. The Bertz CT molecular complexity index is 689. The predicted molar refractivity (Wildman–Crippen MR) is 87.0 cm³/mol. The molecule has 1 aromatic carbocycles. The number of pyridine rings is 1. The van der Waals surface area contributed by atoms with E-state index in [-0.39, 0.29) is 5.91 Å². The fourth-order valence-corrected chi connectivity index (χ4v) is 3.02. The summed E-state index contributed by atoms with van der Waals surface area (Å²) >= 11 is 6.00. The lowest BCUT2D eigenvalue weighted by Gasteiger charge is -2.34. The molecule has 0 saturated heterocycles. The summed E-state index contributed by atoms with van der Waals surface area (Å²) in [5.74, 6) is -0.153. The molecule has 0 fully saturated rings. The summed E-state index contributed by atoms with van der Waals surface area (Å²) in [7, 11) is 2.09. The van der Waals surface area contributed by atoms with Crippen LogP contribution in [0.3, 0.4) is 0 Å². The van der Waals surface area contributed by atoms with Crippen molar-refractivity contribution in [2.75, 3.05) is 13.6 Å². The topological polar surface area (TPSA) is 45.2 Å². The van der Waals surface area contributed by atoms with Crippen molar-refractivity contribution in [3.05, 3.63) is 64.4 Å². The summed E-state index contributed by atoms with van der Waals surface area (Å²) in [5.41, 5.74) is 3.20. The minimum absolute atomic E-state index is 0.153. The maximum absolute atomic E-state index is 12.2. The quantitative estimate of drug-likeness (QED) is 0.946. The molecule has 5 heteroatoms. The van der Waals surface area contributed by atoms with Gasteiger partial charge in [-0.3, -0.25) is 14.7 Å². The first-order valence-corrected chi connectivity index (χ1v) is 7.67. The minimum atomic E-state index is -0.153. The number of rotatable bonds is 3. The van der Waals surface area contributed by atoms with Gasteiger partial charge in [-0.05, 0) is 30.7 Å². The standard InChI is InChI=1S/C17H18ClN3O/c1-21-11-13-5-3-2-4-12(13)8-14(21)9-20-17(22)15-6-7-19-10-16(15)18/h2-7,10,14H,8-9,11H2,1H3,(H,20,22). The van der Waals surface area contributed by atoms with Gasteiger partial charge in [-0.1, -0.05) is 35.9 Å². The van der Waals surface area contributed by atoms with Gasteiger partial charge in [-0.15, -0.1) is 0 Å². The van der Waals surface area contributed by atoms with E-state index >= 15 is 0 Å². The van der Waals surface area contributed by atoms with Gasteiger partial charge in [0.15, 0.2) is 0 Å². The molecule has 22 heavy (non-hydrogen) atoms. The average molecular weight is 316 g/mol. The number of hydrogen-bond donors (Lipinski definition) is 1. The van der Waals surface area contributed by atoms with Crippen molar-refractivity contribution in [3.63, 3.8) is 0 Å². The summed E-state index contributed by atoms with van der Waals surface area (Å²) in [5, 5.41) is 3.36. The highest BCUT2D eigenvalue weighted by Crippen LogP contribution is 2.21. The van der Waals surface area contributed by atoms with Crippen LogP contribution in [0.5, 0.6) is 0 Å². The number of likely N-dealkylation sites (N-methyl/N-ethyl adjacent to an activating group) is 1. The highest BCUT2D eigenvalue weighted by Gasteiger charge is 2.23. The maximum Gasteiger partial charge on any atom is 0.252 e. The van der Waals surface area contributed by atoms with Gasteiger partial charge in [-0.2, -0.15) is 0 Å². The average Bonchev–Trinajstić information content (AvgIpc) is 2.53. The number of aromatic nitrogens is 1. The lowest BCUT2D eigenvalue weighted by Crippen LogP contribution is -2.45. The number of fused-ring (bicyclic) bond motifs is 1. The Labute approximate surface area is 135 Å². The Morgan fingerprint density at radius 1 is 1.36 bits per heavy atom. The Morgan fingerprint density at radius 2 is 2.14 bits per heavy atom. The molecule has 1 amide bonds. The van der Waals surface area contributed by atoms with Crippen LogP contribution in [0.25, 0.3) is 0 Å². The summed E-state index contributed by atoms with van der Waals surface area (Å²) < 4.78 is 0. The van der Waals surface area contributed by atoms with Crippen LogP contribution < -0.4 is 5.32 Å². The van der Waals surface area contributed by atoms with Gasteiger partial charge in [0.05, 0.1) is 10.6 Å². The number of halogens is 1. The first-order valence-electron chi connectivity index (χ1n) is 7.30. The molecule has 2 aromatic rings. The van der Waals surface area contributed by atoms with Gasteiger partial charge < -0.3 is 5.32 Å². The molecule has 0 saturated carbocycles. The van der Waals surface area contributed by atoms with E-state index in [1.807, 2.05) is 0 Å². The van der Waals surface area contributed by atoms with Gasteiger partial charge in [0, 0.05) is 31.5 Å². The fourth-order valence-electron chi connectivity index (χ4n) is 2.81. The number of hydrogen-bond acceptors (Lipinski definition) is 3. The number of nitrogens with one attached hydrogen (secondary N) is 1. The Balaban J connectivity index is 1.65. The highest BCUT2D eigenvalue weighted by atomic mass is 35.5. The second-order valence-corrected chi connectivity index (χ2v) is 6.01. The first-order chi connectivity index (χ1) is 10.6. The van der Waals surface area contributed by atoms with Crippen molar-refractivity contribution in [2.24, 2.45) is 0 Å². The van der Waals surface area contributed by atoms with Crippen LogP contribution in [-0.2, 0) is 13.0 Å². The zero-order valence-electron chi connectivity index (χ0n) is 12.4. The predicted octanol–water partition coefficient (Wildman–Crippen LogP) is 2.52. The van der Waals surface area contributed by atoms with Crippen LogP contribution in [-0.4, -0.2) is 35.4 Å². The molecular weight excluding hydrogens is 298 g/mol. The third-order valence-corrected chi connectivity index (χ3v) is 4.43. The van der Waals surface area contributed by atoms with Crippen LogP contribution in [0.15, 0.2) is 42.7 Å². The Morgan fingerprint density at radius 3 is 2.91 bits per heavy atom. The summed E-state index contributed by atoms with van der Waals surface area (Å²) in [6.45, 7) is 1.51. The second-order valence-electron chi connectivity index (χ2n) is 5.61. The van der Waals surface area contributed by atoms with Crippen LogP contribution in [0.2, 0.25) is 5.02 Å². The number of benzene rings is 1. The molecular formula is C17H18ClN3O. The molecule has 3 rings (SSSR count). The molecule has 0 aliphatic carbocycles. The molecule has 4 nitrogen and oxygen atoms in total. The van der Waals surface area contributed by atoms with Crippen molar-refractivity contribution < 1.29 is 4.79 Å². The largest absolute Gasteiger partial charge is 0.350 e. The fraction of sp³-hybridized carbons (Fsp3) is 0.294. The molecule has 0 radical (unpaired) electrons. The van der Waals surface area contributed by atoms with Crippen LogP contribution in [0, 0.1) is 0 Å². The molecule has 0 bridgehead atoms. The molecule has 1 unspecified atom stereocenters. The molecule has 0 spiro atoms. The van der Waals surface area contributed by atoms with Crippen LogP contribution in [0.1, 0.15) is 21.5 Å². The van der Waals surface area contributed by atoms with Gasteiger partial charge in [0.2, 0.25) is 0 Å². The van der Waals surface area contributed by atoms with Crippen molar-refractivity contribution in [2.45, 2.75) is 19.0 Å². The minimum Gasteiger partial charge on any atom is -0.350 e. The summed E-state index contributed by atoms with van der Waals surface area (Å²) in [6, 6.07) is 10.4. The third-order valence-electron chi connectivity index (χ3n) is 4.13. The van der Waals surface area contributed by atoms with Crippen LogP contribution in [0.4, 0.5) is 0 Å². The lowest BCUT2D eigenvalue weighted by molar-refractivity contribution is 0.0934. The molecule has 1 aliphatic rings. The number of carbonyl (C=O) groups excluding carboxylic acids is 1. The lowest BCUT2D eigenvalue weighted by atomic mass is 9.94. The van der Waals surface area contributed by atoms with E-state index in [4.69, 9.17) is 11.6 Å².